The van der Waals surface area contributed by atoms with Crippen LogP contribution in [0, 0.1) is 5.92 Å². The van der Waals surface area contributed by atoms with Crippen LogP contribution in [-0.4, -0.2) is 26.2 Å². The van der Waals surface area contributed by atoms with Crippen molar-refractivity contribution < 1.29 is 0 Å². The lowest BCUT2D eigenvalue weighted by molar-refractivity contribution is 0.467. The van der Waals surface area contributed by atoms with Crippen LogP contribution in [0.15, 0.2) is 24.3 Å². The third-order valence-corrected chi connectivity index (χ3v) is 3.71. The highest BCUT2D eigenvalue weighted by Crippen LogP contribution is 2.28. The van der Waals surface area contributed by atoms with Crippen molar-refractivity contribution in [2.45, 2.75) is 33.1 Å². The van der Waals surface area contributed by atoms with Gasteiger partial charge in [0.25, 0.3) is 0 Å². The van der Waals surface area contributed by atoms with Gasteiger partial charge >= 0.3 is 0 Å². The predicted octanol–water partition coefficient (Wildman–Crippen LogP) is 3.25. The summed E-state index contributed by atoms with van der Waals surface area (Å²) >= 11 is 0. The number of anilines is 1. The summed E-state index contributed by atoms with van der Waals surface area (Å²) in [7, 11) is 0. The third kappa shape index (κ3) is 3.26. The molecule has 0 amide bonds. The molecule has 0 bridgehead atoms. The largest absolute Gasteiger partial charge is 0.371 e. The van der Waals surface area contributed by atoms with Crippen LogP contribution in [-0.2, 0) is 0 Å². The van der Waals surface area contributed by atoms with Crippen LogP contribution in [0.5, 0.6) is 0 Å². The fourth-order valence-corrected chi connectivity index (χ4v) is 2.76. The second-order valence-corrected chi connectivity index (χ2v) is 5.82. The first-order valence-electron chi connectivity index (χ1n) is 7.23. The lowest BCUT2D eigenvalue weighted by Crippen LogP contribution is -2.39. The average molecular weight is 246 g/mol. The van der Waals surface area contributed by atoms with Crippen molar-refractivity contribution in [2.75, 3.05) is 31.1 Å². The molecule has 1 aliphatic heterocycles. The Morgan fingerprint density at radius 3 is 2.83 bits per heavy atom. The van der Waals surface area contributed by atoms with Crippen LogP contribution >= 0.6 is 0 Å². The molecular formula is C16H26N2. The second kappa shape index (κ2) is 6.24. The Morgan fingerprint density at radius 2 is 2.06 bits per heavy atom. The van der Waals surface area contributed by atoms with Crippen molar-refractivity contribution in [3.63, 3.8) is 0 Å². The van der Waals surface area contributed by atoms with E-state index in [2.05, 4.69) is 55.3 Å². The minimum atomic E-state index is 0.597. The van der Waals surface area contributed by atoms with E-state index >= 15 is 0 Å². The summed E-state index contributed by atoms with van der Waals surface area (Å²) in [5, 5.41) is 3.52. The van der Waals surface area contributed by atoms with E-state index in [1.807, 2.05) is 0 Å². The number of hydrogen-bond acceptors (Lipinski definition) is 2. The van der Waals surface area contributed by atoms with Crippen molar-refractivity contribution in [3.05, 3.63) is 29.8 Å². The number of benzene rings is 1. The number of nitrogens with one attached hydrogen (secondary N) is 1. The van der Waals surface area contributed by atoms with Gasteiger partial charge in [0.2, 0.25) is 0 Å². The molecule has 100 valence electrons. The third-order valence-electron chi connectivity index (χ3n) is 3.71. The molecule has 0 radical (unpaired) electrons. The zero-order chi connectivity index (χ0) is 13.0. The highest BCUT2D eigenvalue weighted by Gasteiger charge is 2.17. The van der Waals surface area contributed by atoms with Crippen molar-refractivity contribution >= 4 is 5.69 Å². The van der Waals surface area contributed by atoms with Crippen molar-refractivity contribution in [3.8, 4) is 0 Å². The van der Waals surface area contributed by atoms with E-state index in [9.17, 15) is 0 Å². The summed E-state index contributed by atoms with van der Waals surface area (Å²) in [6.07, 6.45) is 1.24. The lowest BCUT2D eigenvalue weighted by Gasteiger charge is -2.32. The molecule has 2 heteroatoms. The maximum absolute atomic E-state index is 3.52. The van der Waals surface area contributed by atoms with Crippen LogP contribution in [0.4, 0.5) is 5.69 Å². The average Bonchev–Trinajstić information content (AvgIpc) is 2.33. The normalized spacial score (nSPS) is 21.8. The van der Waals surface area contributed by atoms with Crippen LogP contribution in [0.2, 0.25) is 0 Å². The molecule has 1 saturated heterocycles. The topological polar surface area (TPSA) is 15.3 Å². The molecule has 0 saturated carbocycles. The molecule has 0 spiro atoms. The van der Waals surface area contributed by atoms with Gasteiger partial charge in [0.05, 0.1) is 0 Å². The molecule has 1 heterocycles. The van der Waals surface area contributed by atoms with Gasteiger partial charge < -0.3 is 10.2 Å². The summed E-state index contributed by atoms with van der Waals surface area (Å²) < 4.78 is 0. The van der Waals surface area contributed by atoms with Crippen molar-refractivity contribution in [1.82, 2.24) is 5.32 Å². The van der Waals surface area contributed by atoms with Gasteiger partial charge in [-0.25, -0.2) is 0 Å². The quantitative estimate of drug-likeness (QED) is 0.862. The molecule has 1 aliphatic rings. The molecule has 2 nitrogen and oxygen atoms in total. The molecule has 1 fully saturated rings. The van der Waals surface area contributed by atoms with E-state index in [1.165, 1.54) is 24.2 Å². The molecule has 1 atom stereocenters. The van der Waals surface area contributed by atoms with E-state index in [4.69, 9.17) is 0 Å². The zero-order valence-corrected chi connectivity index (χ0v) is 11.9. The molecule has 0 aliphatic carbocycles. The molecule has 0 aromatic heterocycles. The molecule has 1 unspecified atom stereocenters. The number of para-hydroxylation sites is 1. The van der Waals surface area contributed by atoms with Gasteiger partial charge in [-0.3, -0.25) is 0 Å². The van der Waals surface area contributed by atoms with Gasteiger partial charge in [-0.1, -0.05) is 39.0 Å². The summed E-state index contributed by atoms with van der Waals surface area (Å²) in [5.41, 5.74) is 2.93. The maximum atomic E-state index is 3.52. The van der Waals surface area contributed by atoms with Gasteiger partial charge in [0.1, 0.15) is 0 Å². The molecule has 18 heavy (non-hydrogen) atoms. The van der Waals surface area contributed by atoms with Gasteiger partial charge in [-0.15, -0.1) is 0 Å². The smallest absolute Gasteiger partial charge is 0.0401 e. The van der Waals surface area contributed by atoms with E-state index in [-0.39, 0.29) is 0 Å². The maximum Gasteiger partial charge on any atom is 0.0401 e. The highest BCUT2D eigenvalue weighted by atomic mass is 15.1. The standard InChI is InChI=1S/C16H26N2/c1-13(2)15-7-4-5-8-16(15)18-10-6-9-17-11-14(3)12-18/h4-5,7-8,13-14,17H,6,9-12H2,1-3H3. The minimum absolute atomic E-state index is 0.597. The first-order chi connectivity index (χ1) is 8.68. The Labute approximate surface area is 111 Å². The first-order valence-corrected chi connectivity index (χ1v) is 7.23. The highest BCUT2D eigenvalue weighted by molar-refractivity contribution is 5.55. The summed E-state index contributed by atoms with van der Waals surface area (Å²) in [6.45, 7) is 11.5. The lowest BCUT2D eigenvalue weighted by atomic mass is 9.99. The zero-order valence-electron chi connectivity index (χ0n) is 11.9. The second-order valence-electron chi connectivity index (χ2n) is 5.82. The minimum Gasteiger partial charge on any atom is -0.371 e. The number of rotatable bonds is 2. The van der Waals surface area contributed by atoms with Crippen LogP contribution in [0.3, 0.4) is 0 Å². The van der Waals surface area contributed by atoms with Gasteiger partial charge in [0.15, 0.2) is 0 Å². The van der Waals surface area contributed by atoms with Gasteiger partial charge in [0, 0.05) is 18.8 Å². The fraction of sp³-hybridized carbons (Fsp3) is 0.625. The van der Waals surface area contributed by atoms with E-state index in [0.29, 0.717) is 11.8 Å². The van der Waals surface area contributed by atoms with E-state index in [0.717, 1.165) is 19.6 Å². The summed E-state index contributed by atoms with van der Waals surface area (Å²) in [5.74, 6) is 1.31. The molecule has 1 aromatic rings. The van der Waals surface area contributed by atoms with Crippen molar-refractivity contribution in [2.24, 2.45) is 5.92 Å². The summed E-state index contributed by atoms with van der Waals surface area (Å²) in [4.78, 5) is 2.58. The molecule has 1 N–H and O–H groups in total. The summed E-state index contributed by atoms with van der Waals surface area (Å²) in [6, 6.07) is 8.90. The van der Waals surface area contributed by atoms with E-state index < -0.39 is 0 Å². The fourth-order valence-electron chi connectivity index (χ4n) is 2.76. The Balaban J connectivity index is 2.22. The Bertz CT molecular complexity index is 373. The number of hydrogen-bond donors (Lipinski definition) is 1. The van der Waals surface area contributed by atoms with Gasteiger partial charge in [-0.2, -0.15) is 0 Å². The molecular weight excluding hydrogens is 220 g/mol. The molecule has 2 rings (SSSR count). The van der Waals surface area contributed by atoms with Crippen LogP contribution < -0.4 is 10.2 Å². The van der Waals surface area contributed by atoms with Crippen molar-refractivity contribution in [1.29, 1.82) is 0 Å². The molecule has 1 aromatic carbocycles. The number of nitrogens with zero attached hydrogens (tertiary/aromatic N) is 1. The SMILES string of the molecule is CC1CNCCCN(c2ccccc2C(C)C)C1. The van der Waals surface area contributed by atoms with E-state index in [1.54, 1.807) is 0 Å². The Kier molecular flexibility index (Phi) is 4.65. The van der Waals surface area contributed by atoms with Crippen LogP contribution in [0.1, 0.15) is 38.7 Å². The Morgan fingerprint density at radius 1 is 1.28 bits per heavy atom. The van der Waals surface area contributed by atoms with Crippen LogP contribution in [0.25, 0.3) is 0 Å². The monoisotopic (exact) mass is 246 g/mol. The predicted molar refractivity (Wildman–Crippen MR) is 79.4 cm³/mol. The first kappa shape index (κ1) is 13.4. The van der Waals surface area contributed by atoms with Gasteiger partial charge in [-0.05, 0) is 43.0 Å². The Hall–Kier alpha value is -1.02.